The molecule has 6 nitrogen and oxygen atoms in total. The van der Waals surface area contributed by atoms with E-state index in [1.807, 2.05) is 12.1 Å². The first-order chi connectivity index (χ1) is 8.70. The average Bonchev–Trinajstić information content (AvgIpc) is 2.39. The minimum atomic E-state index is -0.457. The Morgan fingerprint density at radius 2 is 1.72 bits per heavy atom. The molecule has 0 aromatic heterocycles. The van der Waals surface area contributed by atoms with Gasteiger partial charge in [0, 0.05) is 19.2 Å². The van der Waals surface area contributed by atoms with Crippen molar-refractivity contribution in [1.82, 2.24) is 0 Å². The van der Waals surface area contributed by atoms with Gasteiger partial charge < -0.3 is 4.90 Å². The van der Waals surface area contributed by atoms with E-state index in [2.05, 4.69) is 0 Å². The molecule has 0 unspecified atom stereocenters. The number of hydrogen-bond acceptors (Lipinski definition) is 5. The van der Waals surface area contributed by atoms with Crippen molar-refractivity contribution in [3.63, 3.8) is 0 Å². The zero-order chi connectivity index (χ0) is 13.4. The van der Waals surface area contributed by atoms with Crippen molar-refractivity contribution in [3.8, 4) is 12.1 Å². The van der Waals surface area contributed by atoms with Crippen LogP contribution >= 0.6 is 0 Å². The molecule has 6 heteroatoms. The molecule has 0 spiro atoms. The molecule has 0 heterocycles. The largest absolute Gasteiger partial charge is 0.364 e. The van der Waals surface area contributed by atoms with Crippen LogP contribution in [0.2, 0.25) is 0 Å². The van der Waals surface area contributed by atoms with Gasteiger partial charge >= 0.3 is 0 Å². The van der Waals surface area contributed by atoms with Gasteiger partial charge in [0.25, 0.3) is 5.69 Å². The molecule has 0 fully saturated rings. The lowest BCUT2D eigenvalue weighted by Gasteiger charge is -2.22. The van der Waals surface area contributed by atoms with Gasteiger partial charge in [-0.2, -0.15) is 10.5 Å². The lowest BCUT2D eigenvalue weighted by molar-refractivity contribution is -0.384. The van der Waals surface area contributed by atoms with E-state index in [9.17, 15) is 10.1 Å². The van der Waals surface area contributed by atoms with E-state index in [-0.39, 0.29) is 18.5 Å². The van der Waals surface area contributed by atoms with Crippen molar-refractivity contribution in [2.24, 2.45) is 0 Å². The molecule has 92 valence electrons. The number of anilines is 1. The van der Waals surface area contributed by atoms with Gasteiger partial charge in [-0.3, -0.25) is 10.1 Å². The highest BCUT2D eigenvalue weighted by Gasteiger charge is 2.17. The second-order valence-corrected chi connectivity index (χ2v) is 3.55. The minimum absolute atomic E-state index is 0.00613. The Bertz CT molecular complexity index is 484. The van der Waals surface area contributed by atoms with Crippen LogP contribution in [0.25, 0.3) is 0 Å². The van der Waals surface area contributed by atoms with Gasteiger partial charge in [-0.15, -0.1) is 0 Å². The molecule has 0 aliphatic rings. The van der Waals surface area contributed by atoms with Gasteiger partial charge in [-0.25, -0.2) is 0 Å². The average molecular weight is 244 g/mol. The molecule has 1 aromatic rings. The number of nitrogens with zero attached hydrogens (tertiary/aromatic N) is 4. The highest BCUT2D eigenvalue weighted by atomic mass is 16.6. The van der Waals surface area contributed by atoms with Crippen molar-refractivity contribution < 1.29 is 4.92 Å². The summed E-state index contributed by atoms with van der Waals surface area (Å²) in [4.78, 5) is 12.2. The molecule has 0 amide bonds. The molecular weight excluding hydrogens is 232 g/mol. The van der Waals surface area contributed by atoms with Gasteiger partial charge in [0.2, 0.25) is 0 Å². The maximum absolute atomic E-state index is 10.9. The quantitative estimate of drug-likeness (QED) is 0.565. The van der Waals surface area contributed by atoms with Gasteiger partial charge in [0.05, 0.1) is 29.9 Å². The van der Waals surface area contributed by atoms with E-state index in [1.165, 1.54) is 6.07 Å². The lowest BCUT2D eigenvalue weighted by atomic mass is 10.2. The molecule has 1 rings (SSSR count). The van der Waals surface area contributed by atoms with Crippen molar-refractivity contribution in [1.29, 1.82) is 10.5 Å². The first-order valence-electron chi connectivity index (χ1n) is 5.43. The third-order valence-electron chi connectivity index (χ3n) is 2.41. The van der Waals surface area contributed by atoms with Crippen LogP contribution in [-0.4, -0.2) is 18.0 Å². The molecule has 0 atom stereocenters. The third kappa shape index (κ3) is 3.46. The zero-order valence-electron chi connectivity index (χ0n) is 9.74. The third-order valence-corrected chi connectivity index (χ3v) is 2.41. The number of para-hydroxylation sites is 2. The fourth-order valence-electron chi connectivity index (χ4n) is 1.61. The summed E-state index contributed by atoms with van der Waals surface area (Å²) in [5.41, 5.74) is 0.446. The van der Waals surface area contributed by atoms with Gasteiger partial charge in [0.15, 0.2) is 0 Å². The van der Waals surface area contributed by atoms with Crippen LogP contribution in [0.4, 0.5) is 11.4 Å². The highest BCUT2D eigenvalue weighted by molar-refractivity contribution is 5.63. The molecular formula is C12H12N4O2. The number of nitro groups is 1. The van der Waals surface area contributed by atoms with Crippen LogP contribution < -0.4 is 4.90 Å². The normalized spacial score (nSPS) is 9.22. The number of hydrogen-bond donors (Lipinski definition) is 0. The number of nitro benzene ring substituents is 1. The minimum Gasteiger partial charge on any atom is -0.364 e. The predicted molar refractivity (Wildman–Crippen MR) is 65.8 cm³/mol. The molecule has 0 saturated carbocycles. The van der Waals surface area contributed by atoms with E-state index in [0.29, 0.717) is 18.8 Å². The summed E-state index contributed by atoms with van der Waals surface area (Å²) in [5, 5.41) is 28.1. The fraction of sp³-hybridized carbons (Fsp3) is 0.333. The predicted octanol–water partition coefficient (Wildman–Crippen LogP) is 2.23. The summed E-state index contributed by atoms with van der Waals surface area (Å²) in [5.74, 6) is 0. The first kappa shape index (κ1) is 13.5. The second-order valence-electron chi connectivity index (χ2n) is 3.55. The van der Waals surface area contributed by atoms with E-state index >= 15 is 0 Å². The number of rotatable bonds is 6. The second kappa shape index (κ2) is 6.87. The lowest BCUT2D eigenvalue weighted by Crippen LogP contribution is -2.26. The monoisotopic (exact) mass is 244 g/mol. The summed E-state index contributed by atoms with van der Waals surface area (Å²) < 4.78 is 0. The van der Waals surface area contributed by atoms with Crippen LogP contribution in [0.1, 0.15) is 12.8 Å². The molecule has 0 saturated heterocycles. The van der Waals surface area contributed by atoms with Gasteiger partial charge in [0.1, 0.15) is 5.69 Å². The Morgan fingerprint density at radius 1 is 1.17 bits per heavy atom. The molecule has 0 N–H and O–H groups in total. The standard InChI is InChI=1S/C12H12N4O2/c13-7-3-9-15(10-4-8-14)11-5-1-2-6-12(11)16(17)18/h1-2,5-6H,3-4,9-10H2. The van der Waals surface area contributed by atoms with Crippen LogP contribution in [-0.2, 0) is 0 Å². The van der Waals surface area contributed by atoms with Crippen LogP contribution in [0, 0.1) is 32.8 Å². The number of benzene rings is 1. The summed E-state index contributed by atoms with van der Waals surface area (Å²) in [7, 11) is 0. The molecule has 0 bridgehead atoms. The van der Waals surface area contributed by atoms with Crippen molar-refractivity contribution in [3.05, 3.63) is 34.4 Å². The van der Waals surface area contributed by atoms with Crippen molar-refractivity contribution >= 4 is 11.4 Å². The van der Waals surface area contributed by atoms with E-state index < -0.39 is 4.92 Å². The summed E-state index contributed by atoms with van der Waals surface area (Å²) >= 11 is 0. The van der Waals surface area contributed by atoms with Crippen molar-refractivity contribution in [2.45, 2.75) is 12.8 Å². The summed E-state index contributed by atoms with van der Waals surface area (Å²) in [6.07, 6.45) is 0.523. The number of nitriles is 2. The van der Waals surface area contributed by atoms with Crippen LogP contribution in [0.5, 0.6) is 0 Å². The molecule has 1 aromatic carbocycles. The van der Waals surface area contributed by atoms with Gasteiger partial charge in [-0.1, -0.05) is 12.1 Å². The van der Waals surface area contributed by atoms with E-state index in [1.54, 1.807) is 23.1 Å². The zero-order valence-corrected chi connectivity index (χ0v) is 9.74. The SMILES string of the molecule is N#CCCN(CCC#N)c1ccccc1[N+](=O)[O-]. The molecule has 18 heavy (non-hydrogen) atoms. The molecule has 0 aliphatic heterocycles. The van der Waals surface area contributed by atoms with E-state index in [4.69, 9.17) is 10.5 Å². The fourth-order valence-corrected chi connectivity index (χ4v) is 1.61. The maximum Gasteiger partial charge on any atom is 0.292 e. The van der Waals surface area contributed by atoms with Crippen LogP contribution in [0.3, 0.4) is 0 Å². The Balaban J connectivity index is 3.00. The summed E-state index contributed by atoms with van der Waals surface area (Å²) in [6, 6.07) is 10.3. The van der Waals surface area contributed by atoms with Crippen molar-refractivity contribution in [2.75, 3.05) is 18.0 Å². The summed E-state index contributed by atoms with van der Waals surface area (Å²) in [6.45, 7) is 0.756. The maximum atomic E-state index is 10.9. The Kier molecular flexibility index (Phi) is 5.14. The highest BCUT2D eigenvalue weighted by Crippen LogP contribution is 2.27. The Morgan fingerprint density at radius 3 is 2.22 bits per heavy atom. The Hall–Kier alpha value is -2.60. The topological polar surface area (TPSA) is 94.0 Å². The van der Waals surface area contributed by atoms with E-state index in [0.717, 1.165) is 0 Å². The molecule has 0 aliphatic carbocycles. The molecule has 0 radical (unpaired) electrons. The smallest absolute Gasteiger partial charge is 0.292 e. The van der Waals surface area contributed by atoms with Gasteiger partial charge in [-0.05, 0) is 6.07 Å². The first-order valence-corrected chi connectivity index (χ1v) is 5.43. The Labute approximate surface area is 105 Å². The van der Waals surface area contributed by atoms with Crippen LogP contribution in [0.15, 0.2) is 24.3 Å².